The molecule has 33 heavy (non-hydrogen) atoms. The maximum absolute atomic E-state index is 14.2. The predicted molar refractivity (Wildman–Crippen MR) is 123 cm³/mol. The second-order valence-electron chi connectivity index (χ2n) is 7.88. The van der Waals surface area contributed by atoms with Crippen molar-refractivity contribution in [2.24, 2.45) is 0 Å². The molecule has 2 aliphatic rings. The highest BCUT2D eigenvalue weighted by Crippen LogP contribution is 2.42. The predicted octanol–water partition coefficient (Wildman–Crippen LogP) is 5.50. The van der Waals surface area contributed by atoms with E-state index in [2.05, 4.69) is 4.90 Å². The number of Topliss-reactive ketones (excluding diaryl/α,β-unsaturated/α-hetero) is 1. The van der Waals surface area contributed by atoms with Crippen LogP contribution in [0.3, 0.4) is 0 Å². The number of fused-ring (bicyclic) bond motifs is 3. The maximum Gasteiger partial charge on any atom is 0.231 e. The van der Waals surface area contributed by atoms with E-state index in [1.165, 1.54) is 18.2 Å². The molecule has 5 rings (SSSR count). The number of halogens is 2. The second-order valence-corrected chi connectivity index (χ2v) is 8.29. The quantitative estimate of drug-likeness (QED) is 0.466. The zero-order valence-electron chi connectivity index (χ0n) is 17.9. The Morgan fingerprint density at radius 2 is 2.00 bits per heavy atom. The number of hydrogen-bond donors (Lipinski definition) is 0. The Balaban J connectivity index is 1.38. The monoisotopic (exact) mass is 465 g/mol. The summed E-state index contributed by atoms with van der Waals surface area (Å²) in [4.78, 5) is 15.1. The SMILES string of the molecule is COc1ccccc1CCN1COc2ccc3c(c2C1)O/C(=C\c1c(F)cccc1Cl)C3=O. The molecule has 0 fully saturated rings. The van der Waals surface area contributed by atoms with Crippen LogP contribution in [-0.2, 0) is 13.0 Å². The molecular weight excluding hydrogens is 445 g/mol. The number of ether oxygens (including phenoxy) is 3. The molecule has 0 amide bonds. The Morgan fingerprint density at radius 1 is 1.15 bits per heavy atom. The first-order chi connectivity index (χ1) is 16.0. The van der Waals surface area contributed by atoms with Gasteiger partial charge in [0.25, 0.3) is 0 Å². The van der Waals surface area contributed by atoms with Gasteiger partial charge in [0.1, 0.15) is 29.8 Å². The molecule has 0 saturated carbocycles. The van der Waals surface area contributed by atoms with Crippen molar-refractivity contribution in [1.82, 2.24) is 4.90 Å². The van der Waals surface area contributed by atoms with E-state index in [0.29, 0.717) is 30.3 Å². The Kier molecular flexibility index (Phi) is 5.79. The van der Waals surface area contributed by atoms with Crippen LogP contribution in [0.15, 0.2) is 60.4 Å². The van der Waals surface area contributed by atoms with Crippen LogP contribution in [0.4, 0.5) is 4.39 Å². The number of para-hydroxylation sites is 1. The third kappa shape index (κ3) is 4.08. The lowest BCUT2D eigenvalue weighted by molar-refractivity contribution is 0.0948. The van der Waals surface area contributed by atoms with Crippen LogP contribution in [-0.4, -0.2) is 31.1 Å². The molecule has 0 atom stereocenters. The number of carbonyl (C=O) groups excluding carboxylic acids is 1. The molecule has 2 heterocycles. The lowest BCUT2D eigenvalue weighted by atomic mass is 10.0. The summed E-state index contributed by atoms with van der Waals surface area (Å²) in [5.74, 6) is 1.20. The molecule has 0 aromatic heterocycles. The van der Waals surface area contributed by atoms with E-state index in [1.807, 2.05) is 24.3 Å². The first-order valence-electron chi connectivity index (χ1n) is 10.6. The molecule has 7 heteroatoms. The van der Waals surface area contributed by atoms with E-state index >= 15 is 0 Å². The summed E-state index contributed by atoms with van der Waals surface area (Å²) in [5.41, 5.74) is 2.47. The molecule has 5 nitrogen and oxygen atoms in total. The number of methoxy groups -OCH3 is 1. The van der Waals surface area contributed by atoms with Gasteiger partial charge in [-0.05, 0) is 48.4 Å². The summed E-state index contributed by atoms with van der Waals surface area (Å²) in [6.07, 6.45) is 2.14. The molecule has 0 N–H and O–H groups in total. The molecule has 2 aliphatic heterocycles. The lowest BCUT2D eigenvalue weighted by Crippen LogP contribution is -2.33. The van der Waals surface area contributed by atoms with E-state index in [-0.39, 0.29) is 22.1 Å². The molecule has 0 spiro atoms. The van der Waals surface area contributed by atoms with Crippen molar-refractivity contribution < 1.29 is 23.4 Å². The highest BCUT2D eigenvalue weighted by Gasteiger charge is 2.34. The summed E-state index contributed by atoms with van der Waals surface area (Å²) in [5, 5.41) is 0.211. The Labute approximate surface area is 195 Å². The molecule has 0 saturated heterocycles. The van der Waals surface area contributed by atoms with Crippen LogP contribution >= 0.6 is 11.6 Å². The van der Waals surface area contributed by atoms with Crippen LogP contribution in [0.5, 0.6) is 17.2 Å². The second kappa shape index (κ2) is 8.89. The summed E-state index contributed by atoms with van der Waals surface area (Å²) in [6.45, 7) is 1.74. The van der Waals surface area contributed by atoms with Crippen molar-refractivity contribution in [1.29, 1.82) is 0 Å². The number of hydrogen-bond acceptors (Lipinski definition) is 5. The van der Waals surface area contributed by atoms with Gasteiger partial charge in [-0.2, -0.15) is 0 Å². The van der Waals surface area contributed by atoms with Gasteiger partial charge in [0.15, 0.2) is 5.76 Å². The zero-order chi connectivity index (χ0) is 22.9. The third-order valence-electron chi connectivity index (χ3n) is 5.85. The van der Waals surface area contributed by atoms with E-state index < -0.39 is 5.82 Å². The van der Waals surface area contributed by atoms with Crippen LogP contribution < -0.4 is 14.2 Å². The molecule has 3 aromatic carbocycles. The van der Waals surface area contributed by atoms with Crippen LogP contribution in [0.2, 0.25) is 5.02 Å². The minimum Gasteiger partial charge on any atom is -0.496 e. The first-order valence-corrected chi connectivity index (χ1v) is 10.9. The summed E-state index contributed by atoms with van der Waals surface area (Å²) >= 11 is 6.12. The van der Waals surface area contributed by atoms with Gasteiger partial charge in [0.2, 0.25) is 5.78 Å². The van der Waals surface area contributed by atoms with Crippen molar-refractivity contribution >= 4 is 23.5 Å². The average molecular weight is 466 g/mol. The molecule has 0 bridgehead atoms. The zero-order valence-corrected chi connectivity index (χ0v) is 18.7. The standard InChI is InChI=1S/C26H21ClFNO4/c1-31-22-8-3-2-5-16(22)11-12-29-14-19-23(32-15-29)10-9-17-25(30)24(33-26(17)19)13-18-20(27)6-4-7-21(18)28/h2-10,13H,11-12,14-15H2,1H3/b24-13-. The van der Waals surface area contributed by atoms with Crippen LogP contribution in [0.1, 0.15) is 27.0 Å². The Hall–Kier alpha value is -3.35. The van der Waals surface area contributed by atoms with Crippen LogP contribution in [0, 0.1) is 5.82 Å². The van der Waals surface area contributed by atoms with Crippen molar-refractivity contribution in [2.75, 3.05) is 20.4 Å². The minimum absolute atomic E-state index is 0.0385. The number of ketones is 1. The number of nitrogens with zero attached hydrogens (tertiary/aromatic N) is 1. The van der Waals surface area contributed by atoms with Crippen molar-refractivity contribution in [3.05, 3.63) is 93.5 Å². The van der Waals surface area contributed by atoms with E-state index in [0.717, 1.165) is 29.8 Å². The number of carbonyl (C=O) groups is 1. The van der Waals surface area contributed by atoms with Gasteiger partial charge in [-0.1, -0.05) is 35.9 Å². The number of allylic oxidation sites excluding steroid dienone is 1. The smallest absolute Gasteiger partial charge is 0.231 e. The molecule has 0 radical (unpaired) electrons. The van der Waals surface area contributed by atoms with Crippen molar-refractivity contribution in [3.63, 3.8) is 0 Å². The van der Waals surface area contributed by atoms with Crippen molar-refractivity contribution in [3.8, 4) is 17.2 Å². The molecule has 0 aliphatic carbocycles. The largest absolute Gasteiger partial charge is 0.496 e. The van der Waals surface area contributed by atoms with Gasteiger partial charge < -0.3 is 14.2 Å². The number of rotatable bonds is 5. The van der Waals surface area contributed by atoms with E-state index in [9.17, 15) is 9.18 Å². The third-order valence-corrected chi connectivity index (χ3v) is 6.18. The first kappa shape index (κ1) is 21.5. The number of benzene rings is 3. The van der Waals surface area contributed by atoms with E-state index in [1.54, 1.807) is 25.3 Å². The van der Waals surface area contributed by atoms with Crippen LogP contribution in [0.25, 0.3) is 6.08 Å². The highest BCUT2D eigenvalue weighted by atomic mass is 35.5. The summed E-state index contributed by atoms with van der Waals surface area (Å²) < 4.78 is 31.5. The van der Waals surface area contributed by atoms with Gasteiger partial charge in [-0.25, -0.2) is 4.39 Å². The molecule has 168 valence electrons. The van der Waals surface area contributed by atoms with Gasteiger partial charge >= 0.3 is 0 Å². The Bertz CT molecular complexity index is 1250. The molecule has 0 unspecified atom stereocenters. The summed E-state index contributed by atoms with van der Waals surface area (Å²) in [6, 6.07) is 15.8. The van der Waals surface area contributed by atoms with Gasteiger partial charge in [-0.3, -0.25) is 9.69 Å². The van der Waals surface area contributed by atoms with E-state index in [4.69, 9.17) is 25.8 Å². The average Bonchev–Trinajstić information content (AvgIpc) is 3.16. The van der Waals surface area contributed by atoms with Gasteiger partial charge in [0, 0.05) is 18.7 Å². The summed E-state index contributed by atoms with van der Waals surface area (Å²) in [7, 11) is 1.66. The van der Waals surface area contributed by atoms with Gasteiger partial charge in [0.05, 0.1) is 23.3 Å². The normalized spacial score (nSPS) is 16.2. The fraction of sp³-hybridized carbons (Fsp3) is 0.192. The van der Waals surface area contributed by atoms with Gasteiger partial charge in [-0.15, -0.1) is 0 Å². The Morgan fingerprint density at radius 3 is 2.82 bits per heavy atom. The topological polar surface area (TPSA) is 48.0 Å². The molecular formula is C26H21ClFNO4. The highest BCUT2D eigenvalue weighted by molar-refractivity contribution is 6.32. The lowest BCUT2D eigenvalue weighted by Gasteiger charge is -2.29. The minimum atomic E-state index is -0.518. The fourth-order valence-corrected chi connectivity index (χ4v) is 4.33. The molecule has 3 aromatic rings. The van der Waals surface area contributed by atoms with Crippen molar-refractivity contribution in [2.45, 2.75) is 13.0 Å². The maximum atomic E-state index is 14.2. The fourth-order valence-electron chi connectivity index (χ4n) is 4.12.